The van der Waals surface area contributed by atoms with Gasteiger partial charge in [0.1, 0.15) is 0 Å². The molecule has 8 heteroatoms. The number of benzene rings is 2. The van der Waals surface area contributed by atoms with E-state index in [1.165, 1.54) is 11.6 Å². The molecule has 1 aromatic heterocycles. The number of carbonyl (C=O) groups is 1. The van der Waals surface area contributed by atoms with E-state index in [4.69, 9.17) is 0 Å². The summed E-state index contributed by atoms with van der Waals surface area (Å²) < 4.78 is 28.8. The Kier molecular flexibility index (Phi) is 6.92. The van der Waals surface area contributed by atoms with Crippen molar-refractivity contribution in [2.75, 3.05) is 39.8 Å². The molecular weight excluding hydrogens is 448 g/mol. The van der Waals surface area contributed by atoms with E-state index in [-0.39, 0.29) is 5.91 Å². The van der Waals surface area contributed by atoms with Gasteiger partial charge in [-0.15, -0.1) is 0 Å². The van der Waals surface area contributed by atoms with Gasteiger partial charge in [0.15, 0.2) is 17.3 Å². The highest BCUT2D eigenvalue weighted by atomic mass is 19.2. The van der Waals surface area contributed by atoms with Crippen molar-refractivity contribution in [3.63, 3.8) is 0 Å². The van der Waals surface area contributed by atoms with Crippen LogP contribution in [0.25, 0.3) is 5.69 Å². The number of likely N-dealkylation sites (N-methyl/N-ethyl adjacent to an activating group) is 1. The molecule has 2 aliphatic rings. The number of rotatable bonds is 7. The van der Waals surface area contributed by atoms with Gasteiger partial charge in [-0.05, 0) is 50.4 Å². The van der Waals surface area contributed by atoms with Gasteiger partial charge in [0.25, 0.3) is 5.91 Å². The minimum Gasteiger partial charge on any atom is -0.351 e. The minimum absolute atomic E-state index is 0.206. The van der Waals surface area contributed by atoms with Gasteiger partial charge in [-0.3, -0.25) is 9.69 Å². The number of carbonyl (C=O) groups excluding carboxylic acids is 1. The maximum atomic E-state index is 13.8. The first-order chi connectivity index (χ1) is 17.0. The van der Waals surface area contributed by atoms with Crippen molar-refractivity contribution >= 4 is 5.91 Å². The van der Waals surface area contributed by atoms with Crippen molar-refractivity contribution in [1.29, 1.82) is 0 Å². The Balaban J connectivity index is 1.22. The molecule has 6 nitrogen and oxygen atoms in total. The highest BCUT2D eigenvalue weighted by Gasteiger charge is 2.28. The maximum absolute atomic E-state index is 13.8. The van der Waals surface area contributed by atoms with Gasteiger partial charge in [0.05, 0.1) is 5.69 Å². The number of amides is 1. The van der Waals surface area contributed by atoms with E-state index in [2.05, 4.69) is 51.5 Å². The highest BCUT2D eigenvalue weighted by Crippen LogP contribution is 2.28. The molecule has 1 N–H and O–H groups in total. The molecule has 0 bridgehead atoms. The van der Waals surface area contributed by atoms with E-state index in [1.807, 2.05) is 6.07 Å². The summed E-state index contributed by atoms with van der Waals surface area (Å²) in [6.07, 6.45) is 3.28. The second-order valence-corrected chi connectivity index (χ2v) is 9.47. The molecule has 1 saturated heterocycles. The standard InChI is InChI=1S/C27H31F2N5O/c1-32-15-16-33(25(18-32)19-7-3-2-4-8-19)14-6-13-30-27(35)26-21-9-5-10-24(21)34(31-26)20-11-12-22(28)23(29)17-20/h2-4,7-8,11-12,17,25H,5-6,9-10,13-16,18H2,1H3,(H,30,35). The number of piperazine rings is 1. The summed E-state index contributed by atoms with van der Waals surface area (Å²) in [7, 11) is 2.16. The molecule has 2 aromatic carbocycles. The van der Waals surface area contributed by atoms with Crippen LogP contribution in [0.15, 0.2) is 48.5 Å². The predicted octanol–water partition coefficient (Wildman–Crippen LogP) is 3.75. The lowest BCUT2D eigenvalue weighted by atomic mass is 10.0. The molecule has 1 atom stereocenters. The Morgan fingerprint density at radius 2 is 1.91 bits per heavy atom. The van der Waals surface area contributed by atoms with Crippen LogP contribution in [0.5, 0.6) is 0 Å². The number of nitrogens with zero attached hydrogens (tertiary/aromatic N) is 4. The van der Waals surface area contributed by atoms with Crippen LogP contribution in [-0.2, 0) is 12.8 Å². The second kappa shape index (κ2) is 10.3. The first kappa shape index (κ1) is 23.6. The topological polar surface area (TPSA) is 53.4 Å². The Morgan fingerprint density at radius 1 is 1.09 bits per heavy atom. The number of aromatic nitrogens is 2. The first-order valence-electron chi connectivity index (χ1n) is 12.3. The van der Waals surface area contributed by atoms with Crippen LogP contribution >= 0.6 is 0 Å². The molecule has 2 heterocycles. The van der Waals surface area contributed by atoms with Crippen LogP contribution in [0.3, 0.4) is 0 Å². The number of halogens is 2. The lowest BCUT2D eigenvalue weighted by Gasteiger charge is -2.40. The third kappa shape index (κ3) is 4.99. The van der Waals surface area contributed by atoms with Crippen LogP contribution in [0.1, 0.15) is 46.2 Å². The zero-order valence-corrected chi connectivity index (χ0v) is 20.0. The molecule has 1 aliphatic heterocycles. The van der Waals surface area contributed by atoms with Crippen molar-refractivity contribution in [3.8, 4) is 5.69 Å². The fourth-order valence-electron chi connectivity index (χ4n) is 5.23. The summed E-state index contributed by atoms with van der Waals surface area (Å²) in [5, 5.41) is 7.53. The maximum Gasteiger partial charge on any atom is 0.272 e. The van der Waals surface area contributed by atoms with Gasteiger partial charge in [-0.25, -0.2) is 13.5 Å². The molecule has 0 saturated carbocycles. The average molecular weight is 480 g/mol. The van der Waals surface area contributed by atoms with E-state index in [1.54, 1.807) is 4.68 Å². The SMILES string of the molecule is CN1CCN(CCCNC(=O)c2nn(-c3ccc(F)c(F)c3)c3c2CCC3)C(c2ccccc2)C1. The summed E-state index contributed by atoms with van der Waals surface area (Å²) in [5.41, 5.74) is 3.97. The van der Waals surface area contributed by atoms with E-state index < -0.39 is 11.6 Å². The summed E-state index contributed by atoms with van der Waals surface area (Å²) in [6, 6.07) is 14.6. The van der Waals surface area contributed by atoms with E-state index >= 15 is 0 Å². The minimum atomic E-state index is -0.923. The van der Waals surface area contributed by atoms with Crippen LogP contribution in [0, 0.1) is 11.6 Å². The van der Waals surface area contributed by atoms with Crippen molar-refractivity contribution in [3.05, 3.63) is 82.7 Å². The van der Waals surface area contributed by atoms with Gasteiger partial charge in [-0.1, -0.05) is 30.3 Å². The first-order valence-corrected chi connectivity index (χ1v) is 12.3. The zero-order chi connectivity index (χ0) is 24.4. The number of nitrogens with one attached hydrogen (secondary N) is 1. The third-order valence-electron chi connectivity index (χ3n) is 7.08. The Labute approximate surface area is 204 Å². The van der Waals surface area contributed by atoms with E-state index in [0.29, 0.717) is 24.0 Å². The van der Waals surface area contributed by atoms with Gasteiger partial charge in [0.2, 0.25) is 0 Å². The summed E-state index contributed by atoms with van der Waals surface area (Å²) >= 11 is 0. The molecular formula is C27H31F2N5O. The Morgan fingerprint density at radius 3 is 2.71 bits per heavy atom. The van der Waals surface area contributed by atoms with E-state index in [0.717, 1.165) is 75.3 Å². The Bertz CT molecular complexity index is 1200. The second-order valence-electron chi connectivity index (χ2n) is 9.47. The lowest BCUT2D eigenvalue weighted by molar-refractivity contribution is 0.0864. The molecule has 3 aromatic rings. The van der Waals surface area contributed by atoms with Crippen LogP contribution in [-0.4, -0.2) is 65.3 Å². The monoisotopic (exact) mass is 479 g/mol. The summed E-state index contributed by atoms with van der Waals surface area (Å²) in [5.74, 6) is -2.03. The predicted molar refractivity (Wildman–Crippen MR) is 131 cm³/mol. The fourth-order valence-corrected chi connectivity index (χ4v) is 5.23. The third-order valence-corrected chi connectivity index (χ3v) is 7.08. The fraction of sp³-hybridized carbons (Fsp3) is 0.407. The average Bonchev–Trinajstić information content (AvgIpc) is 3.48. The Hall–Kier alpha value is -3.10. The normalized spacial score (nSPS) is 18.5. The van der Waals surface area contributed by atoms with Crippen LogP contribution in [0.2, 0.25) is 0 Å². The molecule has 1 amide bonds. The van der Waals surface area contributed by atoms with Gasteiger partial charge in [0, 0.05) is 56.1 Å². The van der Waals surface area contributed by atoms with Crippen molar-refractivity contribution < 1.29 is 13.6 Å². The quantitative estimate of drug-likeness (QED) is 0.525. The molecule has 1 unspecified atom stereocenters. The zero-order valence-electron chi connectivity index (χ0n) is 20.0. The van der Waals surface area contributed by atoms with Crippen LogP contribution < -0.4 is 5.32 Å². The van der Waals surface area contributed by atoms with E-state index in [9.17, 15) is 13.6 Å². The highest BCUT2D eigenvalue weighted by molar-refractivity contribution is 5.94. The molecule has 0 spiro atoms. The largest absolute Gasteiger partial charge is 0.351 e. The molecule has 1 aliphatic carbocycles. The van der Waals surface area contributed by atoms with Crippen molar-refractivity contribution in [2.45, 2.75) is 31.7 Å². The number of fused-ring (bicyclic) bond motifs is 1. The van der Waals surface area contributed by atoms with Crippen molar-refractivity contribution in [1.82, 2.24) is 24.9 Å². The van der Waals surface area contributed by atoms with Crippen LogP contribution in [0.4, 0.5) is 8.78 Å². The summed E-state index contributed by atoms with van der Waals surface area (Å²) in [6.45, 7) is 4.47. The summed E-state index contributed by atoms with van der Waals surface area (Å²) in [4.78, 5) is 17.9. The molecule has 1 fully saturated rings. The lowest BCUT2D eigenvalue weighted by Crippen LogP contribution is -2.47. The number of hydrogen-bond donors (Lipinski definition) is 1. The van der Waals surface area contributed by atoms with Gasteiger partial charge in [-0.2, -0.15) is 5.10 Å². The number of hydrogen-bond acceptors (Lipinski definition) is 4. The molecule has 35 heavy (non-hydrogen) atoms. The van der Waals surface area contributed by atoms with Gasteiger partial charge < -0.3 is 10.2 Å². The molecule has 0 radical (unpaired) electrons. The van der Waals surface area contributed by atoms with Crippen molar-refractivity contribution in [2.24, 2.45) is 0 Å². The smallest absolute Gasteiger partial charge is 0.272 e. The molecule has 184 valence electrons. The van der Waals surface area contributed by atoms with Gasteiger partial charge >= 0.3 is 0 Å². The molecule has 5 rings (SSSR count).